The van der Waals surface area contributed by atoms with Crippen molar-refractivity contribution in [1.29, 1.82) is 0 Å². The molecular formula is C11H22F3N3O. The molecule has 18 heavy (non-hydrogen) atoms. The van der Waals surface area contributed by atoms with Crippen LogP contribution in [0.2, 0.25) is 0 Å². The monoisotopic (exact) mass is 269 g/mol. The number of rotatable bonds is 6. The number of amides is 2. The maximum Gasteiger partial charge on any atom is 0.405 e. The predicted octanol–water partition coefficient (Wildman–Crippen LogP) is 1.97. The smallest absolute Gasteiger partial charge is 0.337 e. The summed E-state index contributed by atoms with van der Waals surface area (Å²) in [4.78, 5) is 13.2. The van der Waals surface area contributed by atoms with E-state index in [1.807, 2.05) is 27.7 Å². The van der Waals surface area contributed by atoms with Crippen molar-refractivity contribution in [2.75, 3.05) is 19.6 Å². The first-order valence-electron chi connectivity index (χ1n) is 5.97. The summed E-state index contributed by atoms with van der Waals surface area (Å²) < 4.78 is 35.5. The number of nitrogens with one attached hydrogen (secondary N) is 2. The van der Waals surface area contributed by atoms with Gasteiger partial charge in [-0.05, 0) is 27.7 Å². The Labute approximate surface area is 106 Å². The van der Waals surface area contributed by atoms with Crippen molar-refractivity contribution in [2.24, 2.45) is 0 Å². The summed E-state index contributed by atoms with van der Waals surface area (Å²) in [6, 6.07) is -0.144. The number of carbonyl (C=O) groups excluding carboxylic acids is 1. The third-order valence-electron chi connectivity index (χ3n) is 2.43. The minimum atomic E-state index is -4.38. The molecule has 0 heterocycles. The van der Waals surface area contributed by atoms with Crippen LogP contribution in [0, 0.1) is 0 Å². The minimum absolute atomic E-state index is 0.319. The van der Waals surface area contributed by atoms with E-state index in [0.29, 0.717) is 25.2 Å². The lowest BCUT2D eigenvalue weighted by molar-refractivity contribution is -0.122. The zero-order valence-corrected chi connectivity index (χ0v) is 11.3. The summed E-state index contributed by atoms with van der Waals surface area (Å²) in [5.74, 6) is 0. The SMILES string of the molecule is CC(C)N(CCNC(=O)NCC(F)(F)F)C(C)C. The van der Waals surface area contributed by atoms with E-state index in [1.165, 1.54) is 0 Å². The van der Waals surface area contributed by atoms with Gasteiger partial charge in [-0.15, -0.1) is 0 Å². The van der Waals surface area contributed by atoms with E-state index in [-0.39, 0.29) is 0 Å². The van der Waals surface area contributed by atoms with Crippen LogP contribution in [0.3, 0.4) is 0 Å². The molecule has 0 bridgehead atoms. The van der Waals surface area contributed by atoms with Gasteiger partial charge < -0.3 is 10.6 Å². The molecule has 0 saturated carbocycles. The number of nitrogens with zero attached hydrogens (tertiary/aromatic N) is 1. The third-order valence-corrected chi connectivity index (χ3v) is 2.43. The standard InChI is InChI=1S/C11H22F3N3O/c1-8(2)17(9(3)4)6-5-15-10(18)16-7-11(12,13)14/h8-9H,5-7H2,1-4H3,(H2,15,16,18). The van der Waals surface area contributed by atoms with Crippen molar-refractivity contribution in [2.45, 2.75) is 46.0 Å². The number of hydrogen-bond donors (Lipinski definition) is 2. The number of carbonyl (C=O) groups is 1. The van der Waals surface area contributed by atoms with Crippen LogP contribution < -0.4 is 10.6 Å². The van der Waals surface area contributed by atoms with Gasteiger partial charge in [-0.2, -0.15) is 13.2 Å². The second-order valence-corrected chi connectivity index (χ2v) is 4.65. The second kappa shape index (κ2) is 7.45. The van der Waals surface area contributed by atoms with Gasteiger partial charge in [0.15, 0.2) is 0 Å². The molecule has 0 radical (unpaired) electrons. The van der Waals surface area contributed by atoms with Gasteiger partial charge in [0, 0.05) is 25.2 Å². The normalized spacial score (nSPS) is 12.3. The summed E-state index contributed by atoms with van der Waals surface area (Å²) in [5, 5.41) is 4.16. The Kier molecular flexibility index (Phi) is 7.05. The van der Waals surface area contributed by atoms with Crippen LogP contribution in [0.1, 0.15) is 27.7 Å². The van der Waals surface area contributed by atoms with E-state index in [0.717, 1.165) is 0 Å². The Morgan fingerprint density at radius 3 is 2.00 bits per heavy atom. The van der Waals surface area contributed by atoms with Gasteiger partial charge in [-0.3, -0.25) is 4.90 Å². The molecule has 4 nitrogen and oxygen atoms in total. The van der Waals surface area contributed by atoms with Crippen LogP contribution in [0.15, 0.2) is 0 Å². The van der Waals surface area contributed by atoms with Crippen LogP contribution in [0.4, 0.5) is 18.0 Å². The summed E-state index contributed by atoms with van der Waals surface area (Å²) in [6.45, 7) is 7.74. The highest BCUT2D eigenvalue weighted by Gasteiger charge is 2.27. The number of urea groups is 1. The van der Waals surface area contributed by atoms with E-state index in [4.69, 9.17) is 0 Å². The minimum Gasteiger partial charge on any atom is -0.337 e. The van der Waals surface area contributed by atoms with Gasteiger partial charge in [-0.25, -0.2) is 4.79 Å². The molecule has 2 amide bonds. The van der Waals surface area contributed by atoms with Gasteiger partial charge in [0.25, 0.3) is 0 Å². The number of alkyl halides is 3. The first-order valence-corrected chi connectivity index (χ1v) is 5.97. The first kappa shape index (κ1) is 17.0. The van der Waals surface area contributed by atoms with Crippen molar-refractivity contribution in [3.05, 3.63) is 0 Å². The lowest BCUT2D eigenvalue weighted by Gasteiger charge is -2.30. The zero-order valence-electron chi connectivity index (χ0n) is 11.3. The van der Waals surface area contributed by atoms with E-state index in [9.17, 15) is 18.0 Å². The Morgan fingerprint density at radius 2 is 1.61 bits per heavy atom. The fourth-order valence-electron chi connectivity index (χ4n) is 1.65. The average molecular weight is 269 g/mol. The quantitative estimate of drug-likeness (QED) is 0.774. The molecule has 0 unspecified atom stereocenters. The highest BCUT2D eigenvalue weighted by molar-refractivity contribution is 5.73. The van der Waals surface area contributed by atoms with Gasteiger partial charge in [-0.1, -0.05) is 0 Å². The molecular weight excluding hydrogens is 247 g/mol. The maximum absolute atomic E-state index is 11.8. The molecule has 0 saturated heterocycles. The molecule has 0 aromatic carbocycles. The predicted molar refractivity (Wildman–Crippen MR) is 64.4 cm³/mol. The molecule has 0 aliphatic rings. The molecule has 0 spiro atoms. The van der Waals surface area contributed by atoms with Gasteiger partial charge >= 0.3 is 12.2 Å². The number of hydrogen-bond acceptors (Lipinski definition) is 2. The summed E-state index contributed by atoms with van der Waals surface area (Å²) in [5.41, 5.74) is 0. The highest BCUT2D eigenvalue weighted by Crippen LogP contribution is 2.11. The summed E-state index contributed by atoms with van der Waals surface area (Å²) in [7, 11) is 0. The van der Waals surface area contributed by atoms with Crippen molar-refractivity contribution >= 4 is 6.03 Å². The van der Waals surface area contributed by atoms with Crippen molar-refractivity contribution in [3.8, 4) is 0 Å². The largest absolute Gasteiger partial charge is 0.405 e. The van der Waals surface area contributed by atoms with Crippen LogP contribution in [-0.2, 0) is 0 Å². The molecule has 0 rings (SSSR count). The molecule has 0 aliphatic carbocycles. The van der Waals surface area contributed by atoms with Gasteiger partial charge in [0.05, 0.1) is 0 Å². The van der Waals surface area contributed by atoms with Crippen LogP contribution in [-0.4, -0.2) is 48.8 Å². The highest BCUT2D eigenvalue weighted by atomic mass is 19.4. The number of halogens is 3. The van der Waals surface area contributed by atoms with Gasteiger partial charge in [0.2, 0.25) is 0 Å². The molecule has 0 fully saturated rings. The van der Waals surface area contributed by atoms with Crippen molar-refractivity contribution in [1.82, 2.24) is 15.5 Å². The maximum atomic E-state index is 11.8. The first-order chi connectivity index (χ1) is 8.13. The molecule has 0 atom stereocenters. The lowest BCUT2D eigenvalue weighted by Crippen LogP contribution is -2.46. The second-order valence-electron chi connectivity index (χ2n) is 4.65. The lowest BCUT2D eigenvalue weighted by atomic mass is 10.2. The van der Waals surface area contributed by atoms with E-state index in [2.05, 4.69) is 10.2 Å². The molecule has 2 N–H and O–H groups in total. The van der Waals surface area contributed by atoms with E-state index >= 15 is 0 Å². The molecule has 0 aromatic heterocycles. The van der Waals surface area contributed by atoms with E-state index < -0.39 is 18.8 Å². The molecule has 0 aromatic rings. The Hall–Kier alpha value is -0.980. The topological polar surface area (TPSA) is 44.4 Å². The Balaban J connectivity index is 3.86. The van der Waals surface area contributed by atoms with E-state index in [1.54, 1.807) is 5.32 Å². The fourth-order valence-corrected chi connectivity index (χ4v) is 1.65. The fraction of sp³-hybridized carbons (Fsp3) is 0.909. The van der Waals surface area contributed by atoms with Gasteiger partial charge in [0.1, 0.15) is 6.54 Å². The zero-order chi connectivity index (χ0) is 14.3. The van der Waals surface area contributed by atoms with Crippen molar-refractivity contribution in [3.63, 3.8) is 0 Å². The Morgan fingerprint density at radius 1 is 1.11 bits per heavy atom. The molecule has 0 aliphatic heterocycles. The average Bonchev–Trinajstić information content (AvgIpc) is 2.19. The summed E-state index contributed by atoms with van der Waals surface area (Å²) in [6.07, 6.45) is -4.38. The van der Waals surface area contributed by atoms with Crippen molar-refractivity contribution < 1.29 is 18.0 Å². The third kappa shape index (κ3) is 8.16. The molecule has 108 valence electrons. The summed E-state index contributed by atoms with van der Waals surface area (Å²) >= 11 is 0. The van der Waals surface area contributed by atoms with Crippen LogP contribution in [0.25, 0.3) is 0 Å². The van der Waals surface area contributed by atoms with Crippen LogP contribution >= 0.6 is 0 Å². The molecule has 7 heteroatoms. The Bertz CT molecular complexity index is 246. The van der Waals surface area contributed by atoms with Crippen LogP contribution in [0.5, 0.6) is 0 Å².